The predicted octanol–water partition coefficient (Wildman–Crippen LogP) is 2.37. The molecule has 0 radical (unpaired) electrons. The first kappa shape index (κ1) is 11.5. The van der Waals surface area contributed by atoms with Crippen molar-refractivity contribution in [3.63, 3.8) is 0 Å². The van der Waals surface area contributed by atoms with Gasteiger partial charge in [0.15, 0.2) is 0 Å². The van der Waals surface area contributed by atoms with E-state index in [2.05, 4.69) is 5.10 Å². The van der Waals surface area contributed by atoms with Gasteiger partial charge in [-0.15, -0.1) is 23.5 Å². The molecule has 1 aromatic rings. The highest BCUT2D eigenvalue weighted by molar-refractivity contribution is 8.20. The van der Waals surface area contributed by atoms with Crippen molar-refractivity contribution in [1.82, 2.24) is 9.78 Å². The normalized spacial score (nSPS) is 30.5. The van der Waals surface area contributed by atoms with E-state index >= 15 is 0 Å². The van der Waals surface area contributed by atoms with Gasteiger partial charge in [0.25, 0.3) is 0 Å². The van der Waals surface area contributed by atoms with Crippen molar-refractivity contribution < 1.29 is 9.90 Å². The molecule has 1 aromatic heterocycles. The largest absolute Gasteiger partial charge is 0.480 e. The third-order valence-corrected chi connectivity index (χ3v) is 7.94. The number of carboxylic acids is 1. The molecule has 0 aromatic carbocycles. The van der Waals surface area contributed by atoms with Crippen LogP contribution in [-0.2, 0) is 15.4 Å². The Morgan fingerprint density at radius 3 is 2.94 bits per heavy atom. The summed E-state index contributed by atoms with van der Waals surface area (Å²) in [6.07, 6.45) is 1.19. The molecule has 18 heavy (non-hydrogen) atoms. The molecule has 2 atom stereocenters. The van der Waals surface area contributed by atoms with Crippen LogP contribution >= 0.6 is 35.1 Å². The maximum absolute atomic E-state index is 10.8. The van der Waals surface area contributed by atoms with Gasteiger partial charge >= 0.3 is 5.97 Å². The monoisotopic (exact) mass is 302 g/mol. The average Bonchev–Trinajstić information content (AvgIpc) is 2.74. The molecular formula is C11H11ClN2O2S2. The minimum Gasteiger partial charge on any atom is -0.480 e. The summed E-state index contributed by atoms with van der Waals surface area (Å²) >= 11 is 10.2. The van der Waals surface area contributed by atoms with Gasteiger partial charge in [-0.3, -0.25) is 4.79 Å². The van der Waals surface area contributed by atoms with Crippen LogP contribution in [0.4, 0.5) is 0 Å². The molecule has 1 aliphatic heterocycles. The molecule has 2 heterocycles. The molecule has 2 fully saturated rings. The molecular weight excluding hydrogens is 292 g/mol. The van der Waals surface area contributed by atoms with Gasteiger partial charge in [-0.05, 0) is 18.3 Å². The molecule has 4 rings (SSSR count). The summed E-state index contributed by atoms with van der Waals surface area (Å²) in [5, 5.41) is 13.9. The number of hydrogen-bond acceptors (Lipinski definition) is 4. The van der Waals surface area contributed by atoms with Gasteiger partial charge in [0.1, 0.15) is 15.8 Å². The smallest absolute Gasteiger partial charge is 0.325 e. The quantitative estimate of drug-likeness (QED) is 0.909. The number of aliphatic carboxylic acids is 1. The number of carbonyl (C=O) groups is 1. The second-order valence-electron chi connectivity index (χ2n) is 4.92. The number of halogens is 1. The lowest BCUT2D eigenvalue weighted by atomic mass is 10.2. The van der Waals surface area contributed by atoms with Gasteiger partial charge in [-0.2, -0.15) is 5.10 Å². The summed E-state index contributed by atoms with van der Waals surface area (Å²) < 4.78 is 1.53. The molecule has 0 bridgehead atoms. The fourth-order valence-electron chi connectivity index (χ4n) is 3.16. The number of carboxylic acid groups (broad SMARTS) is 1. The molecule has 1 saturated carbocycles. The third kappa shape index (κ3) is 1.31. The van der Waals surface area contributed by atoms with Crippen molar-refractivity contribution >= 4 is 41.1 Å². The molecule has 96 valence electrons. The minimum atomic E-state index is -0.897. The summed E-state index contributed by atoms with van der Waals surface area (Å²) in [7, 11) is 0. The SMILES string of the molecule is O=C(O)Cn1nc2c(c1Cl)C1CC1C21SCCS1. The lowest BCUT2D eigenvalue weighted by Gasteiger charge is -2.22. The third-order valence-electron chi connectivity index (χ3n) is 3.91. The zero-order valence-corrected chi connectivity index (χ0v) is 11.8. The van der Waals surface area contributed by atoms with Gasteiger partial charge < -0.3 is 5.11 Å². The maximum Gasteiger partial charge on any atom is 0.325 e. The van der Waals surface area contributed by atoms with Gasteiger partial charge in [0.2, 0.25) is 0 Å². The highest BCUT2D eigenvalue weighted by Gasteiger charge is 2.66. The van der Waals surface area contributed by atoms with Gasteiger partial charge in [0, 0.05) is 17.1 Å². The Hall–Kier alpha value is -0.330. The first-order valence-electron chi connectivity index (χ1n) is 5.90. The van der Waals surface area contributed by atoms with E-state index in [1.54, 1.807) is 0 Å². The van der Waals surface area contributed by atoms with E-state index in [0.29, 0.717) is 17.0 Å². The average molecular weight is 303 g/mol. The van der Waals surface area contributed by atoms with Crippen molar-refractivity contribution in [1.29, 1.82) is 0 Å². The van der Waals surface area contributed by atoms with Crippen LogP contribution in [-0.4, -0.2) is 32.4 Å². The summed E-state index contributed by atoms with van der Waals surface area (Å²) in [4.78, 5) is 10.8. The number of nitrogens with zero attached hydrogens (tertiary/aromatic N) is 2. The second-order valence-corrected chi connectivity index (χ2v) is 8.22. The van der Waals surface area contributed by atoms with Crippen LogP contribution in [0.3, 0.4) is 0 Å². The molecule has 7 heteroatoms. The summed E-state index contributed by atoms with van der Waals surface area (Å²) in [6.45, 7) is -0.144. The van der Waals surface area contributed by atoms with E-state index in [0.717, 1.165) is 22.8 Å². The van der Waals surface area contributed by atoms with E-state index in [-0.39, 0.29) is 10.6 Å². The highest BCUT2D eigenvalue weighted by atomic mass is 35.5. The van der Waals surface area contributed by atoms with Crippen molar-refractivity contribution in [3.8, 4) is 0 Å². The predicted molar refractivity (Wildman–Crippen MR) is 72.3 cm³/mol. The zero-order chi connectivity index (χ0) is 12.5. The van der Waals surface area contributed by atoms with Crippen LogP contribution in [0.15, 0.2) is 0 Å². The number of aromatic nitrogens is 2. The van der Waals surface area contributed by atoms with E-state index in [9.17, 15) is 4.79 Å². The number of thioether (sulfide) groups is 2. The highest BCUT2D eigenvalue weighted by Crippen LogP contribution is 2.75. The topological polar surface area (TPSA) is 55.1 Å². The lowest BCUT2D eigenvalue weighted by Crippen LogP contribution is -2.18. The number of hydrogen-bond donors (Lipinski definition) is 1. The minimum absolute atomic E-state index is 0.0768. The Labute approximate surface area is 117 Å². The molecule has 2 unspecified atom stereocenters. The fraction of sp³-hybridized carbons (Fsp3) is 0.636. The fourth-order valence-corrected chi connectivity index (χ4v) is 7.12. The van der Waals surface area contributed by atoms with E-state index in [1.807, 2.05) is 23.5 Å². The first-order chi connectivity index (χ1) is 8.63. The van der Waals surface area contributed by atoms with Crippen LogP contribution in [0.1, 0.15) is 23.6 Å². The van der Waals surface area contributed by atoms with Crippen molar-refractivity contribution in [2.45, 2.75) is 23.0 Å². The molecule has 2 aliphatic carbocycles. The van der Waals surface area contributed by atoms with Crippen LogP contribution in [0.25, 0.3) is 0 Å². The van der Waals surface area contributed by atoms with E-state index in [4.69, 9.17) is 16.7 Å². The molecule has 3 aliphatic rings. The molecule has 1 spiro atoms. The second kappa shape index (κ2) is 3.61. The van der Waals surface area contributed by atoms with Crippen LogP contribution in [0.5, 0.6) is 0 Å². The summed E-state index contributed by atoms with van der Waals surface area (Å²) in [5.74, 6) is 2.59. The molecule has 1 N–H and O–H groups in total. The van der Waals surface area contributed by atoms with Gasteiger partial charge in [-0.1, -0.05) is 11.6 Å². The van der Waals surface area contributed by atoms with Crippen molar-refractivity contribution in [3.05, 3.63) is 16.4 Å². The number of rotatable bonds is 2. The summed E-state index contributed by atoms with van der Waals surface area (Å²) in [6, 6.07) is 0. The van der Waals surface area contributed by atoms with Crippen molar-refractivity contribution in [2.75, 3.05) is 11.5 Å². The van der Waals surface area contributed by atoms with Gasteiger partial charge in [-0.25, -0.2) is 4.68 Å². The van der Waals surface area contributed by atoms with Crippen LogP contribution in [0.2, 0.25) is 5.15 Å². The Morgan fingerprint density at radius 1 is 1.56 bits per heavy atom. The van der Waals surface area contributed by atoms with Gasteiger partial charge in [0.05, 0.1) is 5.69 Å². The summed E-state index contributed by atoms with van der Waals surface area (Å²) in [5.41, 5.74) is 2.19. The number of fused-ring (bicyclic) bond motifs is 5. The Morgan fingerprint density at radius 2 is 2.28 bits per heavy atom. The molecule has 1 saturated heterocycles. The lowest BCUT2D eigenvalue weighted by molar-refractivity contribution is -0.137. The van der Waals surface area contributed by atoms with Crippen molar-refractivity contribution in [2.24, 2.45) is 5.92 Å². The molecule has 0 amide bonds. The van der Waals surface area contributed by atoms with E-state index < -0.39 is 5.97 Å². The Balaban J connectivity index is 1.83. The standard InChI is InChI=1S/C11H11ClN2O2S2/c12-10-8-5-3-6(5)11(17-1-2-18-11)9(8)13-14(10)4-7(15)16/h5-6H,1-4H2,(H,15,16). The first-order valence-corrected chi connectivity index (χ1v) is 8.25. The van der Waals surface area contributed by atoms with Crippen LogP contribution < -0.4 is 0 Å². The van der Waals surface area contributed by atoms with E-state index in [1.165, 1.54) is 11.1 Å². The zero-order valence-electron chi connectivity index (χ0n) is 9.43. The maximum atomic E-state index is 10.8. The van der Waals surface area contributed by atoms with Crippen LogP contribution in [0, 0.1) is 5.92 Å². The Bertz CT molecular complexity index is 553. The Kier molecular flexibility index (Phi) is 2.31. The molecule has 4 nitrogen and oxygen atoms in total.